The van der Waals surface area contributed by atoms with E-state index in [1.807, 2.05) is 33.8 Å². The maximum absolute atomic E-state index is 3.82. The van der Waals surface area contributed by atoms with Crippen molar-refractivity contribution >= 4 is 6.21 Å². The summed E-state index contributed by atoms with van der Waals surface area (Å²) in [7, 11) is 1.75. The highest BCUT2D eigenvalue weighted by molar-refractivity contribution is 5.73. The van der Waals surface area contributed by atoms with Crippen molar-refractivity contribution in [2.24, 2.45) is 4.99 Å². The van der Waals surface area contributed by atoms with Crippen molar-refractivity contribution in [2.75, 3.05) is 7.05 Å². The van der Waals surface area contributed by atoms with Gasteiger partial charge in [0.15, 0.2) is 0 Å². The Morgan fingerprint density at radius 2 is 1.73 bits per heavy atom. The molecule has 0 aromatic heterocycles. The van der Waals surface area contributed by atoms with E-state index < -0.39 is 0 Å². The number of nitrogens with zero attached hydrogens (tertiary/aromatic N) is 1. The highest BCUT2D eigenvalue weighted by Gasteiger charge is 1.83. The lowest BCUT2D eigenvalue weighted by Crippen LogP contribution is -1.76. The highest BCUT2D eigenvalue weighted by atomic mass is 14.6. The third-order valence-electron chi connectivity index (χ3n) is 1.15. The molecule has 0 rings (SSSR count). The highest BCUT2D eigenvalue weighted by Crippen LogP contribution is 2.02. The molecule has 1 heteroatoms. The number of hydrogen-bond donors (Lipinski definition) is 0. The quantitative estimate of drug-likeness (QED) is 0.426. The molecule has 0 aliphatic carbocycles. The van der Waals surface area contributed by atoms with E-state index in [0.717, 1.165) is 5.57 Å². The van der Waals surface area contributed by atoms with Crippen LogP contribution in [0.15, 0.2) is 28.8 Å². The summed E-state index contributed by atoms with van der Waals surface area (Å²) >= 11 is 0. The van der Waals surface area contributed by atoms with Gasteiger partial charge in [0, 0.05) is 13.3 Å². The average molecular weight is 153 g/mol. The molecule has 0 saturated heterocycles. The van der Waals surface area contributed by atoms with E-state index in [1.165, 1.54) is 5.57 Å². The van der Waals surface area contributed by atoms with Crippen LogP contribution < -0.4 is 0 Å². The molecule has 0 atom stereocenters. The van der Waals surface area contributed by atoms with Crippen molar-refractivity contribution in [2.45, 2.75) is 27.7 Å². The van der Waals surface area contributed by atoms with Crippen LogP contribution in [0.5, 0.6) is 0 Å². The van der Waals surface area contributed by atoms with Crippen molar-refractivity contribution in [1.82, 2.24) is 0 Å². The molecule has 0 aliphatic rings. The van der Waals surface area contributed by atoms with Crippen LogP contribution in [0.3, 0.4) is 0 Å². The molecule has 0 aromatic rings. The summed E-state index contributed by atoms with van der Waals surface area (Å²) in [4.78, 5) is 3.82. The van der Waals surface area contributed by atoms with Crippen LogP contribution in [0, 0.1) is 0 Å². The second kappa shape index (κ2) is 9.15. The van der Waals surface area contributed by atoms with Crippen molar-refractivity contribution in [3.63, 3.8) is 0 Å². The summed E-state index contributed by atoms with van der Waals surface area (Å²) in [6, 6.07) is 0. The zero-order valence-electron chi connectivity index (χ0n) is 8.31. The molecule has 0 heterocycles. The molecule has 0 bridgehead atoms. The predicted octanol–water partition coefficient (Wildman–Crippen LogP) is 3.24. The lowest BCUT2D eigenvalue weighted by atomic mass is 10.1. The minimum absolute atomic E-state index is 1.09. The fourth-order valence-electron chi connectivity index (χ4n) is 0.329. The van der Waals surface area contributed by atoms with Crippen LogP contribution in [-0.2, 0) is 0 Å². The van der Waals surface area contributed by atoms with Gasteiger partial charge in [0.2, 0.25) is 0 Å². The monoisotopic (exact) mass is 153 g/mol. The van der Waals surface area contributed by atoms with Crippen LogP contribution in [0.1, 0.15) is 27.7 Å². The Balaban J connectivity index is 0. The average Bonchev–Trinajstić information content (AvgIpc) is 2.03. The number of allylic oxidation sites excluding steroid dienone is 3. The lowest BCUT2D eigenvalue weighted by molar-refractivity contribution is 1.37. The van der Waals surface area contributed by atoms with E-state index >= 15 is 0 Å². The van der Waals surface area contributed by atoms with Crippen LogP contribution in [0.4, 0.5) is 0 Å². The fourth-order valence-corrected chi connectivity index (χ4v) is 0.329. The maximum atomic E-state index is 3.82. The van der Waals surface area contributed by atoms with E-state index in [0.29, 0.717) is 0 Å². The van der Waals surface area contributed by atoms with Gasteiger partial charge >= 0.3 is 0 Å². The Bertz CT molecular complexity index is 152. The van der Waals surface area contributed by atoms with Gasteiger partial charge in [0.05, 0.1) is 0 Å². The Kier molecular flexibility index (Phi) is 10.6. The molecule has 0 aliphatic heterocycles. The zero-order valence-corrected chi connectivity index (χ0v) is 8.31. The molecule has 0 amide bonds. The second-order valence-electron chi connectivity index (χ2n) is 2.04. The van der Waals surface area contributed by atoms with Crippen LogP contribution >= 0.6 is 0 Å². The van der Waals surface area contributed by atoms with Gasteiger partial charge in [-0.1, -0.05) is 26.0 Å². The van der Waals surface area contributed by atoms with Gasteiger partial charge in [-0.05, 0) is 25.5 Å². The lowest BCUT2D eigenvalue weighted by Gasteiger charge is -1.92. The standard InChI is InChI=1S/C8H13N.C2H6/c1-7(2)8(3)5-6-9-4;1-2/h5-6H,1H2,2-4H3;1-2H3/b8-5-,9-6?;. The predicted molar refractivity (Wildman–Crippen MR) is 54.3 cm³/mol. The Hall–Kier alpha value is -0.850. The Labute approximate surface area is 70.5 Å². The number of rotatable bonds is 2. The van der Waals surface area contributed by atoms with Gasteiger partial charge in [-0.25, -0.2) is 0 Å². The summed E-state index contributed by atoms with van der Waals surface area (Å²) < 4.78 is 0. The van der Waals surface area contributed by atoms with E-state index in [2.05, 4.69) is 11.6 Å². The van der Waals surface area contributed by atoms with Gasteiger partial charge in [-0.2, -0.15) is 0 Å². The van der Waals surface area contributed by atoms with E-state index in [-0.39, 0.29) is 0 Å². The molecule has 0 N–H and O–H groups in total. The minimum atomic E-state index is 1.09. The van der Waals surface area contributed by atoms with E-state index in [9.17, 15) is 0 Å². The first-order chi connectivity index (χ1) is 5.18. The third-order valence-corrected chi connectivity index (χ3v) is 1.15. The first-order valence-electron chi connectivity index (χ1n) is 3.93. The second-order valence-corrected chi connectivity index (χ2v) is 2.04. The van der Waals surface area contributed by atoms with Gasteiger partial charge in [-0.15, -0.1) is 0 Å². The smallest absolute Gasteiger partial charge is 0.0277 e. The zero-order chi connectivity index (χ0) is 9.28. The largest absolute Gasteiger partial charge is 0.297 e. The first kappa shape index (κ1) is 12.8. The maximum Gasteiger partial charge on any atom is 0.0277 e. The van der Waals surface area contributed by atoms with Gasteiger partial charge in [-0.3, -0.25) is 4.99 Å². The van der Waals surface area contributed by atoms with Crippen LogP contribution in [-0.4, -0.2) is 13.3 Å². The summed E-state index contributed by atoms with van der Waals surface area (Å²) in [5.41, 5.74) is 2.27. The molecular formula is C10H19N. The molecule has 1 nitrogen and oxygen atoms in total. The first-order valence-corrected chi connectivity index (χ1v) is 3.93. The van der Waals surface area contributed by atoms with Gasteiger partial charge in [0.25, 0.3) is 0 Å². The molecule has 0 aromatic carbocycles. The molecule has 0 saturated carbocycles. The number of hydrogen-bond acceptors (Lipinski definition) is 1. The van der Waals surface area contributed by atoms with Crippen molar-refractivity contribution in [1.29, 1.82) is 0 Å². The SMILES string of the molecule is C=C(C)/C(C)=C\C=NC.CC. The summed E-state index contributed by atoms with van der Waals surface area (Å²) in [6.45, 7) is 11.8. The van der Waals surface area contributed by atoms with E-state index in [4.69, 9.17) is 0 Å². The normalized spacial score (nSPS) is 10.8. The van der Waals surface area contributed by atoms with Gasteiger partial charge < -0.3 is 0 Å². The van der Waals surface area contributed by atoms with Crippen molar-refractivity contribution in [3.05, 3.63) is 23.8 Å². The summed E-state index contributed by atoms with van der Waals surface area (Å²) in [5, 5.41) is 0. The molecule has 0 unspecified atom stereocenters. The molecule has 64 valence electrons. The topological polar surface area (TPSA) is 12.4 Å². The van der Waals surface area contributed by atoms with Crippen molar-refractivity contribution < 1.29 is 0 Å². The Morgan fingerprint density at radius 1 is 1.27 bits per heavy atom. The molecule has 0 fully saturated rings. The fraction of sp³-hybridized carbons (Fsp3) is 0.500. The molecule has 0 radical (unpaired) electrons. The third kappa shape index (κ3) is 9.15. The molecular weight excluding hydrogens is 134 g/mol. The Morgan fingerprint density at radius 3 is 2.00 bits per heavy atom. The molecule has 0 spiro atoms. The van der Waals surface area contributed by atoms with E-state index in [1.54, 1.807) is 13.3 Å². The summed E-state index contributed by atoms with van der Waals surface area (Å²) in [6.07, 6.45) is 3.71. The van der Waals surface area contributed by atoms with Crippen LogP contribution in [0.25, 0.3) is 0 Å². The van der Waals surface area contributed by atoms with Crippen molar-refractivity contribution in [3.8, 4) is 0 Å². The van der Waals surface area contributed by atoms with Gasteiger partial charge in [0.1, 0.15) is 0 Å². The summed E-state index contributed by atoms with van der Waals surface area (Å²) in [5.74, 6) is 0. The van der Waals surface area contributed by atoms with Crippen LogP contribution in [0.2, 0.25) is 0 Å². The minimum Gasteiger partial charge on any atom is -0.297 e. The molecule has 11 heavy (non-hydrogen) atoms. The number of aliphatic imine (C=N–C) groups is 1.